The number of nitrogens with one attached hydrogen (secondary N) is 1. The molecule has 1 aliphatic rings. The van der Waals surface area contributed by atoms with Gasteiger partial charge < -0.3 is 9.84 Å². The molecule has 0 aliphatic carbocycles. The Morgan fingerprint density at radius 1 is 1.12 bits per heavy atom. The number of thiophene rings is 1. The van der Waals surface area contributed by atoms with E-state index in [-0.39, 0.29) is 11.8 Å². The fraction of sp³-hybridized carbons (Fsp3) is 0.160. The lowest BCUT2D eigenvalue weighted by atomic mass is 9.94. The zero-order valence-electron chi connectivity index (χ0n) is 18.1. The van der Waals surface area contributed by atoms with Crippen LogP contribution in [0.5, 0.6) is 0 Å². The number of aromatic nitrogens is 2. The molecule has 2 aromatic heterocycles. The van der Waals surface area contributed by atoms with Gasteiger partial charge in [-0.25, -0.2) is 9.18 Å². The highest BCUT2D eigenvalue weighted by Gasteiger charge is 2.36. The van der Waals surface area contributed by atoms with E-state index in [9.17, 15) is 9.18 Å². The summed E-state index contributed by atoms with van der Waals surface area (Å²) in [6.45, 7) is 4.24. The van der Waals surface area contributed by atoms with Gasteiger partial charge in [-0.2, -0.15) is 4.98 Å². The predicted octanol–water partition coefficient (Wildman–Crippen LogP) is 5.94. The van der Waals surface area contributed by atoms with Crippen molar-refractivity contribution in [3.8, 4) is 10.7 Å². The minimum absolute atomic E-state index is 0.273. The van der Waals surface area contributed by atoms with Crippen LogP contribution >= 0.6 is 11.3 Å². The van der Waals surface area contributed by atoms with E-state index in [1.54, 1.807) is 17.0 Å². The molecule has 0 saturated heterocycles. The number of hydrogen-bond donors (Lipinski definition) is 1. The van der Waals surface area contributed by atoms with Crippen LogP contribution in [0.3, 0.4) is 0 Å². The van der Waals surface area contributed by atoms with Crippen LogP contribution in [0.1, 0.15) is 35.5 Å². The van der Waals surface area contributed by atoms with Crippen molar-refractivity contribution in [3.05, 3.63) is 100 Å². The van der Waals surface area contributed by atoms with Gasteiger partial charge >= 0.3 is 6.03 Å². The first-order valence-corrected chi connectivity index (χ1v) is 11.4. The second kappa shape index (κ2) is 8.63. The molecule has 5 rings (SSSR count). The maximum Gasteiger partial charge on any atom is 0.322 e. The van der Waals surface area contributed by atoms with Crippen molar-refractivity contribution < 1.29 is 13.7 Å². The number of nitrogens with zero attached hydrogens (tertiary/aromatic N) is 3. The summed E-state index contributed by atoms with van der Waals surface area (Å²) < 4.78 is 19.7. The van der Waals surface area contributed by atoms with E-state index in [4.69, 9.17) is 4.52 Å². The summed E-state index contributed by atoms with van der Waals surface area (Å²) in [5.41, 5.74) is 4.03. The van der Waals surface area contributed by atoms with Crippen molar-refractivity contribution >= 4 is 22.9 Å². The van der Waals surface area contributed by atoms with Crippen LogP contribution in [-0.2, 0) is 6.54 Å². The molecule has 3 heterocycles. The summed E-state index contributed by atoms with van der Waals surface area (Å²) in [5, 5.41) is 9.08. The molecule has 0 saturated carbocycles. The minimum atomic E-state index is -0.626. The number of carbonyl (C=O) groups is 1. The topological polar surface area (TPSA) is 71.3 Å². The molecule has 1 aliphatic heterocycles. The lowest BCUT2D eigenvalue weighted by Gasteiger charge is -2.35. The summed E-state index contributed by atoms with van der Waals surface area (Å²) in [7, 11) is 0. The van der Waals surface area contributed by atoms with Crippen molar-refractivity contribution in [2.75, 3.05) is 0 Å². The molecule has 2 amide bonds. The summed E-state index contributed by atoms with van der Waals surface area (Å²) in [5.74, 6) is 0.380. The maximum absolute atomic E-state index is 14.0. The highest BCUT2D eigenvalue weighted by Crippen LogP contribution is 2.38. The van der Waals surface area contributed by atoms with Crippen LogP contribution in [0.4, 0.5) is 9.18 Å². The SMILES string of the molecule is CC1=C(c2nc(-c3cccs3)no2)C(c2cccc(F)c2)NC(=O)N1Cc1cccc(C)c1. The predicted molar refractivity (Wildman–Crippen MR) is 125 cm³/mol. The van der Waals surface area contributed by atoms with E-state index in [1.165, 1.54) is 23.5 Å². The lowest BCUT2D eigenvalue weighted by molar-refractivity contribution is 0.203. The summed E-state index contributed by atoms with van der Waals surface area (Å²) in [4.78, 5) is 20.3. The summed E-state index contributed by atoms with van der Waals surface area (Å²) in [6, 6.07) is 17.1. The molecule has 0 fully saturated rings. The average Bonchev–Trinajstić information content (AvgIpc) is 3.48. The zero-order valence-corrected chi connectivity index (χ0v) is 18.9. The van der Waals surface area contributed by atoms with Crippen molar-refractivity contribution in [3.63, 3.8) is 0 Å². The number of carbonyl (C=O) groups excluding carboxylic acids is 1. The van der Waals surface area contributed by atoms with E-state index < -0.39 is 6.04 Å². The van der Waals surface area contributed by atoms with Gasteiger partial charge in [-0.1, -0.05) is 53.2 Å². The minimum Gasteiger partial charge on any atom is -0.334 e. The summed E-state index contributed by atoms with van der Waals surface area (Å²) in [6.07, 6.45) is 0. The van der Waals surface area contributed by atoms with E-state index in [2.05, 4.69) is 15.5 Å². The number of hydrogen-bond acceptors (Lipinski definition) is 5. The van der Waals surface area contributed by atoms with Crippen LogP contribution in [0.2, 0.25) is 0 Å². The Balaban J connectivity index is 1.61. The van der Waals surface area contributed by atoms with Gasteiger partial charge in [-0.05, 0) is 48.6 Å². The maximum atomic E-state index is 14.0. The zero-order chi connectivity index (χ0) is 22.9. The van der Waals surface area contributed by atoms with Gasteiger partial charge in [0.05, 0.1) is 23.0 Å². The quantitative estimate of drug-likeness (QED) is 0.400. The number of allylic oxidation sites excluding steroid dienone is 1. The smallest absolute Gasteiger partial charge is 0.322 e. The second-order valence-electron chi connectivity index (χ2n) is 7.91. The Morgan fingerprint density at radius 2 is 1.97 bits per heavy atom. The number of urea groups is 1. The first-order valence-electron chi connectivity index (χ1n) is 10.5. The molecular formula is C25H21FN4O2S. The third kappa shape index (κ3) is 4.17. The third-order valence-electron chi connectivity index (χ3n) is 5.60. The van der Waals surface area contributed by atoms with Gasteiger partial charge in [0.2, 0.25) is 5.82 Å². The number of halogens is 1. The number of aryl methyl sites for hydroxylation is 1. The number of amides is 2. The average molecular weight is 461 g/mol. The third-order valence-corrected chi connectivity index (χ3v) is 6.47. The molecule has 1 atom stereocenters. The van der Waals surface area contributed by atoms with Crippen LogP contribution in [0.15, 0.2) is 76.3 Å². The fourth-order valence-electron chi connectivity index (χ4n) is 4.02. The molecule has 33 heavy (non-hydrogen) atoms. The fourth-order valence-corrected chi connectivity index (χ4v) is 4.67. The number of rotatable bonds is 5. The Hall–Kier alpha value is -3.78. The Bertz CT molecular complexity index is 1350. The second-order valence-corrected chi connectivity index (χ2v) is 8.86. The van der Waals surface area contributed by atoms with Crippen LogP contribution in [-0.4, -0.2) is 21.1 Å². The van der Waals surface area contributed by atoms with Crippen molar-refractivity contribution in [1.29, 1.82) is 0 Å². The van der Waals surface area contributed by atoms with E-state index >= 15 is 0 Å². The lowest BCUT2D eigenvalue weighted by Crippen LogP contribution is -2.45. The largest absolute Gasteiger partial charge is 0.334 e. The van der Waals surface area contributed by atoms with Crippen molar-refractivity contribution in [2.24, 2.45) is 0 Å². The van der Waals surface area contributed by atoms with Crippen LogP contribution in [0, 0.1) is 12.7 Å². The number of benzene rings is 2. The molecule has 2 aromatic carbocycles. The van der Waals surface area contributed by atoms with Gasteiger partial charge in [0.25, 0.3) is 5.89 Å². The van der Waals surface area contributed by atoms with E-state index in [0.717, 1.165) is 16.0 Å². The van der Waals surface area contributed by atoms with Gasteiger partial charge in [0.15, 0.2) is 0 Å². The van der Waals surface area contributed by atoms with Gasteiger partial charge in [0.1, 0.15) is 5.82 Å². The highest BCUT2D eigenvalue weighted by molar-refractivity contribution is 7.13. The molecule has 1 N–H and O–H groups in total. The highest BCUT2D eigenvalue weighted by atomic mass is 32.1. The molecule has 0 spiro atoms. The molecular weight excluding hydrogens is 439 g/mol. The summed E-state index contributed by atoms with van der Waals surface area (Å²) >= 11 is 1.51. The first-order chi connectivity index (χ1) is 16.0. The van der Waals surface area contributed by atoms with Crippen LogP contribution < -0.4 is 5.32 Å². The molecule has 1 unspecified atom stereocenters. The van der Waals surface area contributed by atoms with Gasteiger partial charge in [-0.3, -0.25) is 4.90 Å². The molecule has 166 valence electrons. The molecule has 0 bridgehead atoms. The van der Waals surface area contributed by atoms with Crippen LogP contribution in [0.25, 0.3) is 16.3 Å². The molecule has 4 aromatic rings. The molecule has 6 nitrogen and oxygen atoms in total. The van der Waals surface area contributed by atoms with Crippen molar-refractivity contribution in [2.45, 2.75) is 26.4 Å². The first kappa shape index (κ1) is 21.1. The van der Waals surface area contributed by atoms with Crippen molar-refractivity contribution in [1.82, 2.24) is 20.4 Å². The van der Waals surface area contributed by atoms with E-state index in [1.807, 2.05) is 55.6 Å². The Morgan fingerprint density at radius 3 is 2.73 bits per heavy atom. The normalized spacial score (nSPS) is 16.3. The Kier molecular flexibility index (Phi) is 5.51. The monoisotopic (exact) mass is 460 g/mol. The Labute approximate surface area is 194 Å². The van der Waals surface area contributed by atoms with Gasteiger partial charge in [0, 0.05) is 5.70 Å². The standard InChI is InChI=1S/C25H21FN4O2S/c1-15-6-3-7-17(12-15)14-30-16(2)21(24-28-23(29-32-24)20-10-5-11-33-20)22(27-25(30)31)18-8-4-9-19(26)13-18/h3-13,22H,14H2,1-2H3,(H,27,31). The van der Waals surface area contributed by atoms with E-state index in [0.29, 0.717) is 35.1 Å². The molecule has 8 heteroatoms. The van der Waals surface area contributed by atoms with Gasteiger partial charge in [-0.15, -0.1) is 11.3 Å². The molecule has 0 radical (unpaired) electrons.